The molecule has 1 unspecified atom stereocenters. The molecule has 9 heteroatoms. The topological polar surface area (TPSA) is 94.1 Å². The second-order valence-electron chi connectivity index (χ2n) is 11.7. The molecule has 0 bridgehead atoms. The summed E-state index contributed by atoms with van der Waals surface area (Å²) in [5, 5.41) is 0. The van der Waals surface area contributed by atoms with E-state index in [0.29, 0.717) is 24.1 Å². The number of carbonyl (C=O) groups excluding carboxylic acids is 1. The van der Waals surface area contributed by atoms with Gasteiger partial charge in [-0.1, -0.05) is 114 Å². The van der Waals surface area contributed by atoms with Crippen LogP contribution in [0.1, 0.15) is 102 Å². The second kappa shape index (κ2) is 22.3. The van der Waals surface area contributed by atoms with Gasteiger partial charge in [0.15, 0.2) is 0 Å². The summed E-state index contributed by atoms with van der Waals surface area (Å²) in [5.74, 6) is -0.369. The largest absolute Gasteiger partial charge is 0.756 e. The molecule has 2 atom stereocenters. The Morgan fingerprint density at radius 3 is 1.93 bits per heavy atom. The lowest BCUT2D eigenvalue weighted by Gasteiger charge is -2.28. The average molecular weight is 586 g/mol. The molecule has 0 saturated carbocycles. The molecule has 1 aromatic rings. The molecule has 40 heavy (non-hydrogen) atoms. The van der Waals surface area contributed by atoms with Crippen molar-refractivity contribution in [1.82, 2.24) is 0 Å². The molecule has 0 radical (unpaired) electrons. The molecular weight excluding hydrogens is 529 g/mol. The maximum atomic E-state index is 12.5. The minimum absolute atomic E-state index is 0.0122. The molecule has 0 aliphatic heterocycles. The fourth-order valence-corrected chi connectivity index (χ4v) is 4.90. The lowest BCUT2D eigenvalue weighted by atomic mass is 10.0. The molecular formula is C31H56NO7P. The normalized spacial score (nSPS) is 14.1. The number of ether oxygens (including phenoxy) is 2. The first-order valence-corrected chi connectivity index (χ1v) is 16.8. The van der Waals surface area contributed by atoms with E-state index in [0.717, 1.165) is 24.8 Å². The number of likely N-dealkylation sites (N-methyl/N-ethyl adjacent to an activating group) is 1. The Kier molecular flexibility index (Phi) is 20.5. The van der Waals surface area contributed by atoms with Gasteiger partial charge in [0, 0.05) is 6.42 Å². The summed E-state index contributed by atoms with van der Waals surface area (Å²) in [6.07, 6.45) is 15.5. The van der Waals surface area contributed by atoms with E-state index in [1.165, 1.54) is 64.2 Å². The number of esters is 1. The quantitative estimate of drug-likeness (QED) is 0.0511. The first kappa shape index (κ1) is 36.7. The Morgan fingerprint density at radius 1 is 0.825 bits per heavy atom. The van der Waals surface area contributed by atoms with Crippen LogP contribution in [-0.4, -0.2) is 64.1 Å². The Bertz CT molecular complexity index is 801. The number of unbranched alkanes of at least 4 members (excludes halogenated alkanes) is 12. The van der Waals surface area contributed by atoms with E-state index in [2.05, 4.69) is 6.92 Å². The fraction of sp³-hybridized carbons (Fsp3) is 0.774. The van der Waals surface area contributed by atoms with E-state index in [4.69, 9.17) is 18.5 Å². The van der Waals surface area contributed by atoms with E-state index in [1.807, 2.05) is 51.5 Å². The van der Waals surface area contributed by atoms with E-state index in [-0.39, 0.29) is 25.8 Å². The summed E-state index contributed by atoms with van der Waals surface area (Å²) in [4.78, 5) is 24.7. The molecule has 0 saturated heterocycles. The molecule has 232 valence electrons. The zero-order chi connectivity index (χ0) is 29.5. The van der Waals surface area contributed by atoms with Crippen molar-refractivity contribution in [3.05, 3.63) is 35.9 Å². The third-order valence-electron chi connectivity index (χ3n) is 6.63. The molecule has 0 heterocycles. The summed E-state index contributed by atoms with van der Waals surface area (Å²) in [5.41, 5.74) is 0.971. The number of hydrogen-bond acceptors (Lipinski definition) is 7. The number of benzene rings is 1. The van der Waals surface area contributed by atoms with Gasteiger partial charge in [-0.15, -0.1) is 0 Å². The van der Waals surface area contributed by atoms with Crippen LogP contribution >= 0.6 is 7.82 Å². The van der Waals surface area contributed by atoms with E-state index in [9.17, 15) is 14.3 Å². The van der Waals surface area contributed by atoms with Gasteiger partial charge in [-0.05, 0) is 12.0 Å². The minimum atomic E-state index is -4.52. The number of nitrogens with zero attached hydrogens (tertiary/aromatic N) is 1. The molecule has 0 aliphatic rings. The first-order chi connectivity index (χ1) is 19.1. The van der Waals surface area contributed by atoms with Gasteiger partial charge in [0.25, 0.3) is 7.82 Å². The summed E-state index contributed by atoms with van der Waals surface area (Å²) < 4.78 is 34.0. The van der Waals surface area contributed by atoms with Crippen LogP contribution in [0, 0.1) is 0 Å². The van der Waals surface area contributed by atoms with Crippen LogP contribution in [0.2, 0.25) is 0 Å². The van der Waals surface area contributed by atoms with Crippen LogP contribution in [0.15, 0.2) is 30.3 Å². The van der Waals surface area contributed by atoms with Crippen LogP contribution in [0.4, 0.5) is 0 Å². The third-order valence-corrected chi connectivity index (χ3v) is 7.59. The van der Waals surface area contributed by atoms with Crippen molar-refractivity contribution in [1.29, 1.82) is 0 Å². The number of rotatable bonds is 26. The highest BCUT2D eigenvalue weighted by Gasteiger charge is 2.20. The molecule has 1 aromatic carbocycles. The first-order valence-electron chi connectivity index (χ1n) is 15.3. The van der Waals surface area contributed by atoms with Crippen molar-refractivity contribution in [2.75, 3.05) is 47.5 Å². The molecule has 0 fully saturated rings. The highest BCUT2D eigenvalue weighted by atomic mass is 31.2. The molecule has 0 spiro atoms. The second-order valence-corrected chi connectivity index (χ2v) is 13.1. The van der Waals surface area contributed by atoms with Crippen LogP contribution < -0.4 is 4.89 Å². The zero-order valence-corrected chi connectivity index (χ0v) is 26.5. The van der Waals surface area contributed by atoms with Gasteiger partial charge in [-0.25, -0.2) is 0 Å². The molecule has 8 nitrogen and oxygen atoms in total. The highest BCUT2D eigenvalue weighted by Crippen LogP contribution is 2.38. The van der Waals surface area contributed by atoms with Gasteiger partial charge in [0.1, 0.15) is 19.3 Å². The summed E-state index contributed by atoms with van der Waals surface area (Å²) in [6, 6.07) is 9.61. The maximum Gasteiger partial charge on any atom is 0.306 e. The summed E-state index contributed by atoms with van der Waals surface area (Å²) in [7, 11) is 1.30. The van der Waals surface area contributed by atoms with Gasteiger partial charge in [0.05, 0.1) is 41.0 Å². The SMILES string of the molecule is CCCCCCCCCCCCCCCC(=O)O[C@H](COCc1ccccc1)COP(=O)([O-])OCC[N+](C)(C)C. The van der Waals surface area contributed by atoms with Crippen molar-refractivity contribution >= 4 is 13.8 Å². The van der Waals surface area contributed by atoms with Gasteiger partial charge >= 0.3 is 5.97 Å². The van der Waals surface area contributed by atoms with Crippen molar-refractivity contribution < 1.29 is 37.3 Å². The minimum Gasteiger partial charge on any atom is -0.756 e. The molecule has 0 N–H and O–H groups in total. The zero-order valence-electron chi connectivity index (χ0n) is 25.7. The predicted octanol–water partition coefficient (Wildman–Crippen LogP) is 6.80. The van der Waals surface area contributed by atoms with Crippen LogP contribution in [-0.2, 0) is 34.5 Å². The van der Waals surface area contributed by atoms with Crippen molar-refractivity contribution in [3.8, 4) is 0 Å². The van der Waals surface area contributed by atoms with Crippen molar-refractivity contribution in [3.63, 3.8) is 0 Å². The number of quaternary nitrogens is 1. The van der Waals surface area contributed by atoms with Gasteiger partial charge in [-0.3, -0.25) is 9.36 Å². The van der Waals surface area contributed by atoms with Crippen molar-refractivity contribution in [2.24, 2.45) is 0 Å². The average Bonchev–Trinajstić information content (AvgIpc) is 2.89. The highest BCUT2D eigenvalue weighted by molar-refractivity contribution is 7.45. The summed E-state index contributed by atoms with van der Waals surface area (Å²) >= 11 is 0. The number of phosphoric acid groups is 1. The van der Waals surface area contributed by atoms with Gasteiger partial charge < -0.3 is 27.9 Å². The number of hydrogen-bond donors (Lipinski definition) is 0. The molecule has 1 rings (SSSR count). The monoisotopic (exact) mass is 585 g/mol. The predicted molar refractivity (Wildman–Crippen MR) is 159 cm³/mol. The maximum absolute atomic E-state index is 12.5. The lowest BCUT2D eigenvalue weighted by Crippen LogP contribution is -2.37. The van der Waals surface area contributed by atoms with Crippen LogP contribution in [0.25, 0.3) is 0 Å². The van der Waals surface area contributed by atoms with E-state index >= 15 is 0 Å². The Morgan fingerprint density at radius 2 is 1.38 bits per heavy atom. The Balaban J connectivity index is 2.31. The lowest BCUT2D eigenvalue weighted by molar-refractivity contribution is -0.870. The molecule has 0 aliphatic carbocycles. The third kappa shape index (κ3) is 22.4. The molecule has 0 amide bonds. The fourth-order valence-electron chi connectivity index (χ4n) is 4.17. The summed E-state index contributed by atoms with van der Waals surface area (Å²) in [6.45, 7) is 2.77. The number of carbonyl (C=O) groups is 1. The standard InChI is InChI=1S/C31H56NO7P/c1-5-6-7-8-9-10-11-12-13-14-15-16-20-23-31(33)39-30(27-36-26-29-21-18-17-19-22-29)28-38-40(34,35)37-25-24-32(2,3)4/h17-19,21-22,30H,5-16,20,23-28H2,1-4H3/t30-/m1/s1. The smallest absolute Gasteiger partial charge is 0.306 e. The van der Waals surface area contributed by atoms with E-state index in [1.54, 1.807) is 0 Å². The van der Waals surface area contributed by atoms with Crippen LogP contribution in [0.5, 0.6) is 0 Å². The van der Waals surface area contributed by atoms with Gasteiger partial charge in [0.2, 0.25) is 0 Å². The van der Waals surface area contributed by atoms with Crippen LogP contribution in [0.3, 0.4) is 0 Å². The number of phosphoric ester groups is 1. The Labute approximate surface area is 243 Å². The molecule has 0 aromatic heterocycles. The van der Waals surface area contributed by atoms with Gasteiger partial charge in [-0.2, -0.15) is 0 Å². The van der Waals surface area contributed by atoms with Crippen molar-refractivity contribution in [2.45, 2.75) is 110 Å². The van der Waals surface area contributed by atoms with E-state index < -0.39 is 13.9 Å². The Hall–Kier alpha value is -1.28.